The Hall–Kier alpha value is -0.210. The third kappa shape index (κ3) is 3.11. The summed E-state index contributed by atoms with van der Waals surface area (Å²) in [6.45, 7) is 4.95. The Labute approximate surface area is 129 Å². The third-order valence-electron chi connectivity index (χ3n) is 4.40. The maximum atomic E-state index is 6.83. The molecule has 0 bridgehead atoms. The van der Waals surface area contributed by atoms with Crippen molar-refractivity contribution in [2.45, 2.75) is 51.3 Å². The molecule has 0 radical (unpaired) electrons. The molecule has 1 fully saturated rings. The van der Waals surface area contributed by atoms with E-state index in [-0.39, 0.29) is 10.8 Å². The van der Waals surface area contributed by atoms with Crippen LogP contribution in [-0.2, 0) is 0 Å². The topological polar surface area (TPSA) is 9.23 Å². The van der Waals surface area contributed by atoms with Gasteiger partial charge in [-0.25, -0.2) is 0 Å². The van der Waals surface area contributed by atoms with Crippen LogP contribution in [0.3, 0.4) is 0 Å². The van der Waals surface area contributed by atoms with Crippen molar-refractivity contribution in [1.29, 1.82) is 0 Å². The van der Waals surface area contributed by atoms with Crippen LogP contribution in [0.25, 0.3) is 0 Å². The normalized spacial score (nSPS) is 19.4. The zero-order chi connectivity index (χ0) is 13.9. The molecule has 1 aromatic carbocycles. The Morgan fingerprint density at radius 3 is 2.53 bits per heavy atom. The van der Waals surface area contributed by atoms with Gasteiger partial charge in [0.15, 0.2) is 0 Å². The first-order chi connectivity index (χ1) is 9.13. The lowest BCUT2D eigenvalue weighted by Crippen LogP contribution is -2.21. The van der Waals surface area contributed by atoms with Crippen molar-refractivity contribution in [2.75, 3.05) is 6.61 Å². The molecule has 106 valence electrons. The molecule has 1 atom stereocenters. The number of halogens is 2. The van der Waals surface area contributed by atoms with Crippen molar-refractivity contribution in [2.24, 2.45) is 5.41 Å². The first-order valence-electron chi connectivity index (χ1n) is 7.19. The van der Waals surface area contributed by atoms with E-state index in [1.807, 2.05) is 19.1 Å². The van der Waals surface area contributed by atoms with Crippen LogP contribution in [0.15, 0.2) is 22.7 Å². The van der Waals surface area contributed by atoms with E-state index in [9.17, 15) is 0 Å². The van der Waals surface area contributed by atoms with Crippen LogP contribution in [0.5, 0.6) is 5.75 Å². The highest BCUT2D eigenvalue weighted by molar-refractivity contribution is 9.10. The number of rotatable bonds is 5. The number of hydrogen-bond donors (Lipinski definition) is 0. The molecule has 0 heterocycles. The van der Waals surface area contributed by atoms with Crippen LogP contribution >= 0.6 is 27.5 Å². The smallest absolute Gasteiger partial charge is 0.120 e. The molecule has 0 N–H and O–H groups in total. The quantitative estimate of drug-likeness (QED) is 0.586. The van der Waals surface area contributed by atoms with Crippen LogP contribution in [0, 0.1) is 5.41 Å². The zero-order valence-electron chi connectivity index (χ0n) is 11.7. The van der Waals surface area contributed by atoms with Gasteiger partial charge in [-0.15, -0.1) is 11.6 Å². The fourth-order valence-corrected chi connectivity index (χ4v) is 4.45. The number of alkyl halides is 1. The van der Waals surface area contributed by atoms with Gasteiger partial charge in [-0.3, -0.25) is 0 Å². The molecule has 1 nitrogen and oxygen atoms in total. The minimum Gasteiger partial charge on any atom is -0.494 e. The summed E-state index contributed by atoms with van der Waals surface area (Å²) in [5, 5.41) is 0.0880. The lowest BCUT2D eigenvalue weighted by molar-refractivity contribution is 0.270. The van der Waals surface area contributed by atoms with Crippen LogP contribution in [-0.4, -0.2) is 6.61 Å². The minimum absolute atomic E-state index is 0.0880. The maximum Gasteiger partial charge on any atom is 0.120 e. The molecule has 1 aromatic rings. The van der Waals surface area contributed by atoms with Gasteiger partial charge >= 0.3 is 0 Å². The minimum atomic E-state index is 0.0880. The average molecular weight is 346 g/mol. The molecule has 0 saturated heterocycles. The van der Waals surface area contributed by atoms with E-state index < -0.39 is 0 Å². The summed E-state index contributed by atoms with van der Waals surface area (Å²) in [4.78, 5) is 0. The van der Waals surface area contributed by atoms with E-state index in [0.717, 1.165) is 16.6 Å². The van der Waals surface area contributed by atoms with Crippen LogP contribution in [0.1, 0.15) is 56.9 Å². The Morgan fingerprint density at radius 1 is 1.32 bits per heavy atom. The Morgan fingerprint density at radius 2 is 2.00 bits per heavy atom. The van der Waals surface area contributed by atoms with E-state index in [0.29, 0.717) is 6.61 Å². The molecule has 0 aliphatic heterocycles. The van der Waals surface area contributed by atoms with E-state index in [2.05, 4.69) is 28.9 Å². The molecule has 19 heavy (non-hydrogen) atoms. The van der Waals surface area contributed by atoms with Gasteiger partial charge in [0, 0.05) is 4.47 Å². The number of hydrogen-bond acceptors (Lipinski definition) is 1. The zero-order valence-corrected chi connectivity index (χ0v) is 14.1. The summed E-state index contributed by atoms with van der Waals surface area (Å²) in [5.74, 6) is 0.902. The predicted octanol–water partition coefficient (Wildman–Crippen LogP) is 6.10. The highest BCUT2D eigenvalue weighted by Crippen LogP contribution is 2.54. The van der Waals surface area contributed by atoms with Gasteiger partial charge in [0.1, 0.15) is 5.75 Å². The molecular formula is C16H22BrClO. The van der Waals surface area contributed by atoms with Crippen molar-refractivity contribution in [3.63, 3.8) is 0 Å². The van der Waals surface area contributed by atoms with E-state index in [1.54, 1.807) is 0 Å². The van der Waals surface area contributed by atoms with Crippen molar-refractivity contribution in [3.8, 4) is 5.75 Å². The van der Waals surface area contributed by atoms with Crippen LogP contribution < -0.4 is 4.74 Å². The summed E-state index contributed by atoms with van der Waals surface area (Å²) in [6, 6.07) is 6.17. The van der Waals surface area contributed by atoms with E-state index >= 15 is 0 Å². The molecule has 0 aromatic heterocycles. The molecule has 1 unspecified atom stereocenters. The number of benzene rings is 1. The van der Waals surface area contributed by atoms with Crippen molar-refractivity contribution in [3.05, 3.63) is 28.2 Å². The molecule has 0 spiro atoms. The molecule has 3 heteroatoms. The first-order valence-corrected chi connectivity index (χ1v) is 8.42. The van der Waals surface area contributed by atoms with Gasteiger partial charge in [-0.05, 0) is 49.3 Å². The standard InChI is InChI=1S/C16H22BrClO/c1-3-16(9-5-6-10-16)15(18)13-8-7-12(19-4-2)11-14(13)17/h7-8,11,15H,3-6,9-10H2,1-2H3. The van der Waals surface area contributed by atoms with Gasteiger partial charge in [-0.1, -0.05) is 41.8 Å². The van der Waals surface area contributed by atoms with Crippen molar-refractivity contribution in [1.82, 2.24) is 0 Å². The molecule has 1 saturated carbocycles. The highest BCUT2D eigenvalue weighted by Gasteiger charge is 2.40. The second-order valence-corrected chi connectivity index (χ2v) is 6.69. The van der Waals surface area contributed by atoms with Gasteiger partial charge < -0.3 is 4.74 Å². The Balaban J connectivity index is 2.25. The number of ether oxygens (including phenoxy) is 1. The summed E-state index contributed by atoms with van der Waals surface area (Å²) in [6.07, 6.45) is 6.27. The lowest BCUT2D eigenvalue weighted by atomic mass is 9.77. The highest BCUT2D eigenvalue weighted by atomic mass is 79.9. The second-order valence-electron chi connectivity index (χ2n) is 5.40. The first kappa shape index (κ1) is 15.2. The SMILES string of the molecule is CCOc1ccc(C(Cl)C2(CC)CCCC2)c(Br)c1. The van der Waals surface area contributed by atoms with Crippen molar-refractivity contribution >= 4 is 27.5 Å². The monoisotopic (exact) mass is 344 g/mol. The van der Waals surface area contributed by atoms with Gasteiger partial charge in [0.2, 0.25) is 0 Å². The second kappa shape index (κ2) is 6.49. The van der Waals surface area contributed by atoms with Gasteiger partial charge in [-0.2, -0.15) is 0 Å². The largest absolute Gasteiger partial charge is 0.494 e. The summed E-state index contributed by atoms with van der Waals surface area (Å²) in [7, 11) is 0. The third-order valence-corrected chi connectivity index (χ3v) is 5.78. The van der Waals surface area contributed by atoms with Crippen LogP contribution in [0.2, 0.25) is 0 Å². The molecule has 2 rings (SSSR count). The Bertz CT molecular complexity index is 427. The molecule has 1 aliphatic carbocycles. The molecular weight excluding hydrogens is 324 g/mol. The maximum absolute atomic E-state index is 6.83. The van der Waals surface area contributed by atoms with Crippen molar-refractivity contribution < 1.29 is 4.74 Å². The predicted molar refractivity (Wildman–Crippen MR) is 85.1 cm³/mol. The van der Waals surface area contributed by atoms with E-state index in [1.165, 1.54) is 31.2 Å². The molecule has 1 aliphatic rings. The summed E-state index contributed by atoms with van der Waals surface area (Å²) < 4.78 is 6.59. The Kier molecular flexibility index (Phi) is 5.19. The van der Waals surface area contributed by atoms with Gasteiger partial charge in [0.05, 0.1) is 12.0 Å². The van der Waals surface area contributed by atoms with Gasteiger partial charge in [0.25, 0.3) is 0 Å². The summed E-state index contributed by atoms with van der Waals surface area (Å²) in [5.41, 5.74) is 1.48. The molecule has 0 amide bonds. The van der Waals surface area contributed by atoms with E-state index in [4.69, 9.17) is 16.3 Å². The average Bonchev–Trinajstić information content (AvgIpc) is 2.88. The fraction of sp³-hybridized carbons (Fsp3) is 0.625. The fourth-order valence-electron chi connectivity index (χ4n) is 3.17. The summed E-state index contributed by atoms with van der Waals surface area (Å²) >= 11 is 10.5. The van der Waals surface area contributed by atoms with Crippen LogP contribution in [0.4, 0.5) is 0 Å². The lowest BCUT2D eigenvalue weighted by Gasteiger charge is -2.33.